The summed E-state index contributed by atoms with van der Waals surface area (Å²) >= 11 is 0. The lowest BCUT2D eigenvalue weighted by Gasteiger charge is -2.34. The Bertz CT molecular complexity index is 731. The number of anilines is 1. The molecule has 2 aromatic carbocycles. The Morgan fingerprint density at radius 1 is 1.08 bits per heavy atom. The molecule has 1 saturated heterocycles. The van der Waals surface area contributed by atoms with Crippen molar-refractivity contribution in [1.82, 2.24) is 4.90 Å². The van der Waals surface area contributed by atoms with Crippen LogP contribution in [0.4, 0.5) is 19.3 Å². The molecule has 2 amide bonds. The molecule has 1 aliphatic heterocycles. The van der Waals surface area contributed by atoms with Crippen molar-refractivity contribution in [3.63, 3.8) is 0 Å². The third kappa shape index (κ3) is 3.96. The Balaban J connectivity index is 1.57. The number of hydrogen-bond acceptors (Lipinski definition) is 2. The predicted molar refractivity (Wildman–Crippen MR) is 91.1 cm³/mol. The van der Waals surface area contributed by atoms with E-state index in [9.17, 15) is 18.7 Å². The molecule has 132 valence electrons. The summed E-state index contributed by atoms with van der Waals surface area (Å²) in [5.41, 5.74) is 0.698. The molecule has 1 aliphatic rings. The molecule has 1 atom stereocenters. The molecule has 1 fully saturated rings. The number of piperidine rings is 1. The molecule has 0 spiro atoms. The van der Waals surface area contributed by atoms with Crippen LogP contribution in [0.1, 0.15) is 24.5 Å². The van der Waals surface area contributed by atoms with Crippen LogP contribution < -0.4 is 5.32 Å². The van der Waals surface area contributed by atoms with Crippen LogP contribution in [0.25, 0.3) is 0 Å². The summed E-state index contributed by atoms with van der Waals surface area (Å²) in [6.45, 7) is 0.911. The van der Waals surface area contributed by atoms with Gasteiger partial charge in [-0.15, -0.1) is 0 Å². The number of likely N-dealkylation sites (tertiary alicyclic amines) is 1. The number of amides is 2. The second-order valence-corrected chi connectivity index (χ2v) is 6.21. The van der Waals surface area contributed by atoms with Crippen molar-refractivity contribution < 1.29 is 18.7 Å². The van der Waals surface area contributed by atoms with E-state index < -0.39 is 23.8 Å². The lowest BCUT2D eigenvalue weighted by Crippen LogP contribution is -2.42. The van der Waals surface area contributed by atoms with Gasteiger partial charge in [0.2, 0.25) is 0 Å². The average molecular weight is 346 g/mol. The van der Waals surface area contributed by atoms with Crippen LogP contribution in [0.3, 0.4) is 0 Å². The van der Waals surface area contributed by atoms with Gasteiger partial charge in [0.1, 0.15) is 0 Å². The molecule has 0 saturated carbocycles. The van der Waals surface area contributed by atoms with Gasteiger partial charge in [-0.25, -0.2) is 13.6 Å². The molecule has 1 heterocycles. The predicted octanol–water partition coefficient (Wildman–Crippen LogP) is 3.94. The van der Waals surface area contributed by atoms with Crippen molar-refractivity contribution in [3.8, 4) is 0 Å². The van der Waals surface area contributed by atoms with Gasteiger partial charge in [0.25, 0.3) is 0 Å². The number of benzene rings is 2. The van der Waals surface area contributed by atoms with Crippen LogP contribution in [-0.4, -0.2) is 29.1 Å². The highest BCUT2D eigenvalue weighted by molar-refractivity contribution is 5.89. The zero-order valence-electron chi connectivity index (χ0n) is 13.7. The number of rotatable bonds is 3. The second-order valence-electron chi connectivity index (χ2n) is 6.21. The van der Waals surface area contributed by atoms with Crippen LogP contribution >= 0.6 is 0 Å². The van der Waals surface area contributed by atoms with Gasteiger partial charge in [0.05, 0.1) is 11.8 Å². The zero-order valence-corrected chi connectivity index (χ0v) is 13.7. The standard InChI is InChI=1S/C19H20F2N2O2/c20-15-7-4-8-16(17(15)21)22-19(25)23-11-9-14(10-12-23)18(24)13-5-2-1-3-6-13/h1-8,14,18,24H,9-12H2,(H,22,25). The van der Waals surface area contributed by atoms with Gasteiger partial charge in [-0.3, -0.25) is 0 Å². The van der Waals surface area contributed by atoms with E-state index in [0.717, 1.165) is 11.6 Å². The summed E-state index contributed by atoms with van der Waals surface area (Å²) in [5, 5.41) is 12.9. The summed E-state index contributed by atoms with van der Waals surface area (Å²) in [7, 11) is 0. The highest BCUT2D eigenvalue weighted by Gasteiger charge is 2.28. The average Bonchev–Trinajstić information content (AvgIpc) is 2.65. The summed E-state index contributed by atoms with van der Waals surface area (Å²) in [6.07, 6.45) is 0.733. The Labute approximate surface area is 145 Å². The van der Waals surface area contributed by atoms with Gasteiger partial charge in [-0.05, 0) is 36.5 Å². The van der Waals surface area contributed by atoms with Crippen LogP contribution in [0.2, 0.25) is 0 Å². The molecule has 0 aromatic heterocycles. The first-order valence-corrected chi connectivity index (χ1v) is 8.29. The number of hydrogen-bond donors (Lipinski definition) is 2. The summed E-state index contributed by atoms with van der Waals surface area (Å²) in [4.78, 5) is 13.8. The summed E-state index contributed by atoms with van der Waals surface area (Å²) in [5.74, 6) is -2.00. The van der Waals surface area contributed by atoms with Crippen molar-refractivity contribution in [1.29, 1.82) is 0 Å². The van der Waals surface area contributed by atoms with Crippen molar-refractivity contribution >= 4 is 11.7 Å². The Kier molecular flexibility index (Phi) is 5.28. The number of aliphatic hydroxyl groups excluding tert-OH is 1. The molecule has 3 rings (SSSR count). The third-order valence-corrected chi connectivity index (χ3v) is 4.61. The van der Waals surface area contributed by atoms with Crippen LogP contribution in [0.15, 0.2) is 48.5 Å². The Morgan fingerprint density at radius 3 is 2.44 bits per heavy atom. The van der Waals surface area contributed by atoms with Crippen molar-refractivity contribution in [2.45, 2.75) is 18.9 Å². The molecule has 2 N–H and O–H groups in total. The molecular formula is C19H20F2N2O2. The Morgan fingerprint density at radius 2 is 1.76 bits per heavy atom. The number of carbonyl (C=O) groups excluding carboxylic acids is 1. The maximum absolute atomic E-state index is 13.6. The van der Waals surface area contributed by atoms with E-state index >= 15 is 0 Å². The maximum Gasteiger partial charge on any atom is 0.321 e. The SMILES string of the molecule is O=C(Nc1cccc(F)c1F)N1CCC(C(O)c2ccccc2)CC1. The van der Waals surface area contributed by atoms with Crippen molar-refractivity contribution in [2.75, 3.05) is 18.4 Å². The first-order valence-electron chi connectivity index (χ1n) is 8.29. The monoisotopic (exact) mass is 346 g/mol. The van der Waals surface area contributed by atoms with E-state index in [1.54, 1.807) is 4.90 Å². The van der Waals surface area contributed by atoms with E-state index in [0.29, 0.717) is 25.9 Å². The minimum atomic E-state index is -1.06. The van der Waals surface area contributed by atoms with Crippen LogP contribution in [0, 0.1) is 17.6 Å². The fraction of sp³-hybridized carbons (Fsp3) is 0.316. The smallest absolute Gasteiger partial charge is 0.321 e. The maximum atomic E-state index is 13.6. The highest BCUT2D eigenvalue weighted by atomic mass is 19.2. The number of carbonyl (C=O) groups is 1. The number of nitrogens with zero attached hydrogens (tertiary/aromatic N) is 1. The molecular weight excluding hydrogens is 326 g/mol. The van der Waals surface area contributed by atoms with Gasteiger partial charge in [-0.1, -0.05) is 36.4 Å². The van der Waals surface area contributed by atoms with E-state index in [1.165, 1.54) is 12.1 Å². The van der Waals surface area contributed by atoms with Crippen LogP contribution in [0.5, 0.6) is 0 Å². The van der Waals surface area contributed by atoms with E-state index in [4.69, 9.17) is 0 Å². The summed E-state index contributed by atoms with van der Waals surface area (Å²) < 4.78 is 26.8. The Hall–Kier alpha value is -2.47. The minimum Gasteiger partial charge on any atom is -0.388 e. The molecule has 0 aliphatic carbocycles. The minimum absolute atomic E-state index is 0.0670. The van der Waals surface area contributed by atoms with Crippen molar-refractivity contribution in [3.05, 3.63) is 65.7 Å². The normalized spacial score (nSPS) is 16.5. The molecule has 6 heteroatoms. The van der Waals surface area contributed by atoms with Gasteiger partial charge in [-0.2, -0.15) is 0 Å². The van der Waals surface area contributed by atoms with Crippen LogP contribution in [-0.2, 0) is 0 Å². The molecule has 1 unspecified atom stereocenters. The molecule has 25 heavy (non-hydrogen) atoms. The van der Waals surface area contributed by atoms with E-state index in [2.05, 4.69) is 5.32 Å². The number of nitrogens with one attached hydrogen (secondary N) is 1. The fourth-order valence-electron chi connectivity index (χ4n) is 3.14. The number of aliphatic hydroxyl groups is 1. The largest absolute Gasteiger partial charge is 0.388 e. The van der Waals surface area contributed by atoms with E-state index in [1.807, 2.05) is 30.3 Å². The van der Waals surface area contributed by atoms with Gasteiger partial charge >= 0.3 is 6.03 Å². The lowest BCUT2D eigenvalue weighted by atomic mass is 9.87. The molecule has 4 nitrogen and oxygen atoms in total. The number of halogens is 2. The molecule has 0 bridgehead atoms. The molecule has 2 aromatic rings. The van der Waals surface area contributed by atoms with Gasteiger partial charge in [0.15, 0.2) is 11.6 Å². The van der Waals surface area contributed by atoms with E-state index in [-0.39, 0.29) is 11.6 Å². The first kappa shape index (κ1) is 17.4. The van der Waals surface area contributed by atoms with Gasteiger partial charge < -0.3 is 15.3 Å². The van der Waals surface area contributed by atoms with Gasteiger partial charge in [0, 0.05) is 13.1 Å². The third-order valence-electron chi connectivity index (χ3n) is 4.61. The summed E-state index contributed by atoms with van der Waals surface area (Å²) in [6, 6.07) is 12.6. The first-order chi connectivity index (χ1) is 12.1. The molecule has 0 radical (unpaired) electrons. The topological polar surface area (TPSA) is 52.6 Å². The zero-order chi connectivity index (χ0) is 17.8. The van der Waals surface area contributed by atoms with Crippen molar-refractivity contribution in [2.24, 2.45) is 5.92 Å². The lowest BCUT2D eigenvalue weighted by molar-refractivity contribution is 0.0683. The number of urea groups is 1. The highest BCUT2D eigenvalue weighted by Crippen LogP contribution is 2.30. The second kappa shape index (κ2) is 7.61. The quantitative estimate of drug-likeness (QED) is 0.884. The fourth-order valence-corrected chi connectivity index (χ4v) is 3.14.